The van der Waals surface area contributed by atoms with Crippen LogP contribution in [0.25, 0.3) is 10.1 Å². The molecule has 0 amide bonds. The Bertz CT molecular complexity index is 785. The van der Waals surface area contributed by atoms with E-state index in [1.807, 2.05) is 23.9 Å². The molecule has 0 radical (unpaired) electrons. The lowest BCUT2D eigenvalue weighted by Gasteiger charge is -2.14. The van der Waals surface area contributed by atoms with Crippen molar-refractivity contribution < 1.29 is 0 Å². The SMILES string of the molecule is CCn1cncc1CNC(C)c1sc2c(C)cccc2c1C. The molecule has 3 aromatic rings. The predicted octanol–water partition coefficient (Wildman–Crippen LogP) is 4.59. The lowest BCUT2D eigenvalue weighted by atomic mass is 10.1. The van der Waals surface area contributed by atoms with Crippen LogP contribution in [0.15, 0.2) is 30.7 Å². The van der Waals surface area contributed by atoms with E-state index in [1.54, 1.807) is 0 Å². The Labute approximate surface area is 136 Å². The van der Waals surface area contributed by atoms with Gasteiger partial charge in [0.05, 0.1) is 12.0 Å². The van der Waals surface area contributed by atoms with Gasteiger partial charge in [-0.15, -0.1) is 11.3 Å². The van der Waals surface area contributed by atoms with Gasteiger partial charge in [0.25, 0.3) is 0 Å². The van der Waals surface area contributed by atoms with Gasteiger partial charge in [0.1, 0.15) is 0 Å². The number of hydrogen-bond donors (Lipinski definition) is 1. The third kappa shape index (κ3) is 2.69. The molecule has 0 spiro atoms. The molecular formula is C18H23N3S. The Morgan fingerprint density at radius 1 is 1.32 bits per heavy atom. The van der Waals surface area contributed by atoms with Crippen LogP contribution in [0, 0.1) is 13.8 Å². The number of nitrogens with one attached hydrogen (secondary N) is 1. The van der Waals surface area contributed by atoms with E-state index in [0.29, 0.717) is 6.04 Å². The fraction of sp³-hybridized carbons (Fsp3) is 0.389. The molecule has 116 valence electrons. The van der Waals surface area contributed by atoms with Gasteiger partial charge in [-0.1, -0.05) is 18.2 Å². The Morgan fingerprint density at radius 3 is 2.86 bits per heavy atom. The molecule has 0 aliphatic carbocycles. The molecule has 0 aliphatic rings. The zero-order chi connectivity index (χ0) is 15.7. The van der Waals surface area contributed by atoms with E-state index in [2.05, 4.69) is 60.8 Å². The van der Waals surface area contributed by atoms with Crippen LogP contribution in [0.4, 0.5) is 0 Å². The molecule has 0 saturated heterocycles. The first-order valence-corrected chi connectivity index (χ1v) is 8.64. The topological polar surface area (TPSA) is 29.9 Å². The summed E-state index contributed by atoms with van der Waals surface area (Å²) in [5.74, 6) is 0. The number of benzene rings is 1. The highest BCUT2D eigenvalue weighted by atomic mass is 32.1. The van der Waals surface area contributed by atoms with Gasteiger partial charge in [-0.2, -0.15) is 0 Å². The number of hydrogen-bond acceptors (Lipinski definition) is 3. The van der Waals surface area contributed by atoms with Gasteiger partial charge in [-0.05, 0) is 44.2 Å². The maximum absolute atomic E-state index is 4.23. The Kier molecular flexibility index (Phi) is 4.32. The van der Waals surface area contributed by atoms with Crippen molar-refractivity contribution in [3.63, 3.8) is 0 Å². The first-order valence-electron chi connectivity index (χ1n) is 7.82. The maximum atomic E-state index is 4.23. The summed E-state index contributed by atoms with van der Waals surface area (Å²) in [6.07, 6.45) is 3.85. The smallest absolute Gasteiger partial charge is 0.0948 e. The number of rotatable bonds is 5. The van der Waals surface area contributed by atoms with Crippen molar-refractivity contribution in [2.75, 3.05) is 0 Å². The molecule has 3 nitrogen and oxygen atoms in total. The van der Waals surface area contributed by atoms with Crippen molar-refractivity contribution >= 4 is 21.4 Å². The number of aryl methyl sites for hydroxylation is 3. The Balaban J connectivity index is 1.82. The summed E-state index contributed by atoms with van der Waals surface area (Å²) in [4.78, 5) is 5.67. The van der Waals surface area contributed by atoms with E-state index in [0.717, 1.165) is 13.1 Å². The minimum absolute atomic E-state index is 0.344. The Morgan fingerprint density at radius 2 is 2.14 bits per heavy atom. The summed E-state index contributed by atoms with van der Waals surface area (Å²) in [7, 11) is 0. The van der Waals surface area contributed by atoms with E-state index in [1.165, 1.54) is 31.8 Å². The van der Waals surface area contributed by atoms with Crippen LogP contribution in [0.2, 0.25) is 0 Å². The van der Waals surface area contributed by atoms with Crippen molar-refractivity contribution in [1.82, 2.24) is 14.9 Å². The molecule has 2 heterocycles. The van der Waals surface area contributed by atoms with Crippen molar-refractivity contribution in [1.29, 1.82) is 0 Å². The summed E-state index contributed by atoms with van der Waals surface area (Å²) < 4.78 is 3.60. The largest absolute Gasteiger partial charge is 0.334 e. The van der Waals surface area contributed by atoms with Crippen molar-refractivity contribution in [2.45, 2.75) is 46.8 Å². The number of nitrogens with zero attached hydrogens (tertiary/aromatic N) is 2. The monoisotopic (exact) mass is 313 g/mol. The molecule has 0 fully saturated rings. The quantitative estimate of drug-likeness (QED) is 0.747. The first kappa shape index (κ1) is 15.3. The minimum Gasteiger partial charge on any atom is -0.334 e. The summed E-state index contributed by atoms with van der Waals surface area (Å²) in [5.41, 5.74) is 4.02. The fourth-order valence-corrected chi connectivity index (χ4v) is 4.25. The normalized spacial score (nSPS) is 12.9. The average Bonchev–Trinajstić information content (AvgIpc) is 3.10. The van der Waals surface area contributed by atoms with Crippen LogP contribution in [0.1, 0.15) is 41.6 Å². The van der Waals surface area contributed by atoms with Crippen LogP contribution in [-0.2, 0) is 13.1 Å². The van der Waals surface area contributed by atoms with Gasteiger partial charge in [-0.25, -0.2) is 4.98 Å². The van der Waals surface area contributed by atoms with Crippen LogP contribution in [-0.4, -0.2) is 9.55 Å². The van der Waals surface area contributed by atoms with Crippen LogP contribution in [0.5, 0.6) is 0 Å². The molecule has 22 heavy (non-hydrogen) atoms. The van der Waals surface area contributed by atoms with Crippen molar-refractivity contribution in [3.8, 4) is 0 Å². The summed E-state index contributed by atoms with van der Waals surface area (Å²) in [6.45, 7) is 10.6. The highest BCUT2D eigenvalue weighted by Crippen LogP contribution is 2.36. The zero-order valence-electron chi connectivity index (χ0n) is 13.7. The second-order valence-corrected chi connectivity index (χ2v) is 6.87. The molecule has 3 rings (SSSR count). The van der Waals surface area contributed by atoms with E-state index >= 15 is 0 Å². The molecular weight excluding hydrogens is 290 g/mol. The van der Waals surface area contributed by atoms with E-state index in [-0.39, 0.29) is 0 Å². The standard InChI is InChI=1S/C18H23N3S/c1-5-21-11-19-9-15(21)10-20-14(4)18-13(3)16-8-6-7-12(2)17(16)22-18/h6-9,11,14,20H,5,10H2,1-4H3. The maximum Gasteiger partial charge on any atom is 0.0948 e. The minimum atomic E-state index is 0.344. The molecule has 0 bridgehead atoms. The molecule has 1 unspecified atom stereocenters. The van der Waals surface area contributed by atoms with E-state index < -0.39 is 0 Å². The van der Waals surface area contributed by atoms with E-state index in [9.17, 15) is 0 Å². The number of fused-ring (bicyclic) bond motifs is 1. The van der Waals surface area contributed by atoms with Gasteiger partial charge in [0, 0.05) is 34.9 Å². The number of aromatic nitrogens is 2. The molecule has 1 atom stereocenters. The van der Waals surface area contributed by atoms with Crippen molar-refractivity contribution in [3.05, 3.63) is 52.4 Å². The highest BCUT2D eigenvalue weighted by molar-refractivity contribution is 7.19. The fourth-order valence-electron chi connectivity index (χ4n) is 2.95. The molecule has 1 aromatic carbocycles. The molecule has 0 aliphatic heterocycles. The lowest BCUT2D eigenvalue weighted by molar-refractivity contribution is 0.554. The summed E-state index contributed by atoms with van der Waals surface area (Å²) >= 11 is 1.92. The van der Waals surface area contributed by atoms with Crippen molar-refractivity contribution in [2.24, 2.45) is 0 Å². The molecule has 0 saturated carbocycles. The molecule has 1 N–H and O–H groups in total. The van der Waals surface area contributed by atoms with Crippen LogP contribution in [0.3, 0.4) is 0 Å². The lowest BCUT2D eigenvalue weighted by Crippen LogP contribution is -2.19. The summed E-state index contributed by atoms with van der Waals surface area (Å²) in [5, 5.41) is 5.04. The van der Waals surface area contributed by atoms with Crippen LogP contribution < -0.4 is 5.32 Å². The second-order valence-electron chi connectivity index (χ2n) is 5.82. The number of thiophene rings is 1. The third-order valence-corrected chi connectivity index (χ3v) is 5.95. The highest BCUT2D eigenvalue weighted by Gasteiger charge is 2.15. The van der Waals surface area contributed by atoms with Gasteiger partial charge in [0.15, 0.2) is 0 Å². The van der Waals surface area contributed by atoms with Gasteiger partial charge < -0.3 is 9.88 Å². The van der Waals surface area contributed by atoms with Gasteiger partial charge in [0.2, 0.25) is 0 Å². The first-order chi connectivity index (χ1) is 10.6. The third-order valence-electron chi connectivity index (χ3n) is 4.32. The number of imidazole rings is 1. The predicted molar refractivity (Wildman–Crippen MR) is 94.5 cm³/mol. The zero-order valence-corrected chi connectivity index (χ0v) is 14.5. The Hall–Kier alpha value is -1.65. The molecule has 2 aromatic heterocycles. The molecule has 4 heteroatoms. The van der Waals surface area contributed by atoms with Gasteiger partial charge in [-0.3, -0.25) is 0 Å². The summed E-state index contributed by atoms with van der Waals surface area (Å²) in [6, 6.07) is 6.92. The average molecular weight is 313 g/mol. The van der Waals surface area contributed by atoms with Gasteiger partial charge >= 0.3 is 0 Å². The van der Waals surface area contributed by atoms with E-state index in [4.69, 9.17) is 0 Å². The van der Waals surface area contributed by atoms with Crippen LogP contribution >= 0.6 is 11.3 Å². The second kappa shape index (κ2) is 6.23.